The fraction of sp³-hybridized carbons (Fsp3) is 0.625. The lowest BCUT2D eigenvalue weighted by Crippen LogP contribution is -2.29. The number of methoxy groups -OCH3 is 1. The van der Waals surface area contributed by atoms with Gasteiger partial charge in [0.15, 0.2) is 0 Å². The fourth-order valence-corrected chi connectivity index (χ4v) is 2.68. The minimum atomic E-state index is -0.0458. The molecule has 106 valence electrons. The van der Waals surface area contributed by atoms with E-state index in [9.17, 15) is 5.11 Å². The number of ether oxygens (including phenoxy) is 1. The monoisotopic (exact) mass is 263 g/mol. The van der Waals surface area contributed by atoms with Crippen LogP contribution in [0.4, 0.5) is 0 Å². The van der Waals surface area contributed by atoms with Crippen LogP contribution in [0.3, 0.4) is 0 Å². The van der Waals surface area contributed by atoms with Gasteiger partial charge >= 0.3 is 0 Å². The van der Waals surface area contributed by atoms with Crippen molar-refractivity contribution >= 4 is 0 Å². The highest BCUT2D eigenvalue weighted by Crippen LogP contribution is 2.23. The number of aliphatic hydroxyl groups is 1. The van der Waals surface area contributed by atoms with Crippen molar-refractivity contribution in [2.45, 2.75) is 38.2 Å². The molecule has 1 fully saturated rings. The second kappa shape index (κ2) is 7.51. The Balaban J connectivity index is 1.61. The van der Waals surface area contributed by atoms with E-state index in [1.54, 1.807) is 7.11 Å². The highest BCUT2D eigenvalue weighted by atomic mass is 16.5. The van der Waals surface area contributed by atoms with Crippen molar-refractivity contribution in [3.8, 4) is 5.75 Å². The molecule has 0 amide bonds. The predicted molar refractivity (Wildman–Crippen MR) is 77.5 cm³/mol. The topological polar surface area (TPSA) is 41.5 Å². The van der Waals surface area contributed by atoms with Gasteiger partial charge in [-0.3, -0.25) is 0 Å². The Morgan fingerprint density at radius 2 is 1.84 bits per heavy atom. The van der Waals surface area contributed by atoms with Crippen molar-refractivity contribution < 1.29 is 9.84 Å². The molecule has 0 atom stereocenters. The Kier molecular flexibility index (Phi) is 5.67. The minimum absolute atomic E-state index is 0.0458. The summed E-state index contributed by atoms with van der Waals surface area (Å²) in [5, 5.41) is 13.0. The summed E-state index contributed by atoms with van der Waals surface area (Å²) >= 11 is 0. The maximum atomic E-state index is 9.46. The zero-order valence-corrected chi connectivity index (χ0v) is 11.8. The molecular weight excluding hydrogens is 238 g/mol. The Morgan fingerprint density at radius 1 is 1.16 bits per heavy atom. The van der Waals surface area contributed by atoms with Crippen LogP contribution in [0.2, 0.25) is 0 Å². The molecule has 3 nitrogen and oxygen atoms in total. The summed E-state index contributed by atoms with van der Waals surface area (Å²) in [4.78, 5) is 0. The maximum Gasteiger partial charge on any atom is 0.118 e. The third-order valence-corrected chi connectivity index (χ3v) is 4.00. The molecule has 0 aliphatic heterocycles. The number of hydrogen-bond acceptors (Lipinski definition) is 3. The molecule has 19 heavy (non-hydrogen) atoms. The summed E-state index contributed by atoms with van der Waals surface area (Å²) < 4.78 is 5.15. The number of benzene rings is 1. The summed E-state index contributed by atoms with van der Waals surface area (Å²) in [6, 6.07) is 8.27. The van der Waals surface area contributed by atoms with E-state index in [0.717, 1.165) is 56.9 Å². The third-order valence-electron chi connectivity index (χ3n) is 4.00. The summed E-state index contributed by atoms with van der Waals surface area (Å²) in [6.07, 6.45) is 5.29. The van der Waals surface area contributed by atoms with Gasteiger partial charge in [0.25, 0.3) is 0 Å². The molecule has 1 aliphatic carbocycles. The predicted octanol–water partition coefficient (Wildman–Crippen LogP) is 2.38. The van der Waals surface area contributed by atoms with Gasteiger partial charge in [0.2, 0.25) is 0 Å². The molecule has 0 bridgehead atoms. The van der Waals surface area contributed by atoms with E-state index in [1.807, 2.05) is 12.1 Å². The molecule has 1 aliphatic rings. The molecular formula is C16H25NO2. The van der Waals surface area contributed by atoms with Crippen molar-refractivity contribution in [3.63, 3.8) is 0 Å². The summed E-state index contributed by atoms with van der Waals surface area (Å²) in [5.41, 5.74) is 1.34. The first-order valence-electron chi connectivity index (χ1n) is 7.29. The van der Waals surface area contributed by atoms with Crippen LogP contribution in [0.1, 0.15) is 31.2 Å². The summed E-state index contributed by atoms with van der Waals surface area (Å²) in [7, 11) is 1.69. The molecule has 3 heteroatoms. The van der Waals surface area contributed by atoms with Gasteiger partial charge in [0, 0.05) is 0 Å². The Bertz CT molecular complexity index is 356. The van der Waals surface area contributed by atoms with E-state index >= 15 is 0 Å². The van der Waals surface area contributed by atoms with Gasteiger partial charge in [-0.05, 0) is 68.8 Å². The molecule has 0 unspecified atom stereocenters. The third kappa shape index (κ3) is 4.84. The molecule has 0 aromatic heterocycles. The normalized spacial score (nSPS) is 23.3. The van der Waals surface area contributed by atoms with Crippen LogP contribution in [-0.4, -0.2) is 31.4 Å². The van der Waals surface area contributed by atoms with Gasteiger partial charge in [-0.25, -0.2) is 0 Å². The van der Waals surface area contributed by atoms with E-state index in [-0.39, 0.29) is 6.10 Å². The minimum Gasteiger partial charge on any atom is -0.497 e. The molecule has 0 heterocycles. The lowest BCUT2D eigenvalue weighted by Gasteiger charge is -2.25. The molecule has 0 radical (unpaired) electrons. The van der Waals surface area contributed by atoms with Crippen molar-refractivity contribution in [1.82, 2.24) is 5.32 Å². The molecule has 0 saturated heterocycles. The molecule has 1 saturated carbocycles. The quantitative estimate of drug-likeness (QED) is 0.774. The molecule has 1 aromatic carbocycles. The van der Waals surface area contributed by atoms with Crippen molar-refractivity contribution in [2.75, 3.05) is 20.2 Å². The van der Waals surface area contributed by atoms with Gasteiger partial charge in [-0.1, -0.05) is 12.1 Å². The average molecular weight is 263 g/mol. The number of rotatable bonds is 6. The summed E-state index contributed by atoms with van der Waals surface area (Å²) in [6.45, 7) is 2.11. The highest BCUT2D eigenvalue weighted by molar-refractivity contribution is 5.27. The maximum absolute atomic E-state index is 9.46. The zero-order valence-electron chi connectivity index (χ0n) is 11.8. The lowest BCUT2D eigenvalue weighted by molar-refractivity contribution is 0.108. The first-order valence-corrected chi connectivity index (χ1v) is 7.29. The van der Waals surface area contributed by atoms with Crippen molar-refractivity contribution in [2.24, 2.45) is 5.92 Å². The van der Waals surface area contributed by atoms with Gasteiger partial charge in [-0.2, -0.15) is 0 Å². The number of hydrogen-bond donors (Lipinski definition) is 2. The largest absolute Gasteiger partial charge is 0.497 e. The second-order valence-corrected chi connectivity index (χ2v) is 5.48. The highest BCUT2D eigenvalue weighted by Gasteiger charge is 2.18. The van der Waals surface area contributed by atoms with Crippen LogP contribution in [-0.2, 0) is 6.42 Å². The van der Waals surface area contributed by atoms with E-state index < -0.39 is 0 Å². The Labute approximate surface area is 116 Å². The van der Waals surface area contributed by atoms with Crippen LogP contribution in [0.5, 0.6) is 5.75 Å². The van der Waals surface area contributed by atoms with Crippen LogP contribution in [0.25, 0.3) is 0 Å². The van der Waals surface area contributed by atoms with Crippen molar-refractivity contribution in [3.05, 3.63) is 29.8 Å². The van der Waals surface area contributed by atoms with E-state index in [2.05, 4.69) is 17.4 Å². The van der Waals surface area contributed by atoms with Crippen LogP contribution >= 0.6 is 0 Å². The molecule has 0 spiro atoms. The van der Waals surface area contributed by atoms with Crippen LogP contribution in [0, 0.1) is 5.92 Å². The van der Waals surface area contributed by atoms with Gasteiger partial charge in [-0.15, -0.1) is 0 Å². The van der Waals surface area contributed by atoms with E-state index in [1.165, 1.54) is 5.56 Å². The second-order valence-electron chi connectivity index (χ2n) is 5.48. The fourth-order valence-electron chi connectivity index (χ4n) is 2.68. The van der Waals surface area contributed by atoms with Crippen LogP contribution in [0.15, 0.2) is 24.3 Å². The molecule has 1 aromatic rings. The van der Waals surface area contributed by atoms with Crippen LogP contribution < -0.4 is 10.1 Å². The summed E-state index contributed by atoms with van der Waals surface area (Å²) in [5.74, 6) is 1.66. The molecule has 2 N–H and O–H groups in total. The first-order chi connectivity index (χ1) is 9.28. The van der Waals surface area contributed by atoms with Crippen molar-refractivity contribution in [1.29, 1.82) is 0 Å². The van der Waals surface area contributed by atoms with E-state index in [4.69, 9.17) is 4.74 Å². The first kappa shape index (κ1) is 14.4. The van der Waals surface area contributed by atoms with Gasteiger partial charge in [0.05, 0.1) is 13.2 Å². The smallest absolute Gasteiger partial charge is 0.118 e. The van der Waals surface area contributed by atoms with E-state index in [0.29, 0.717) is 0 Å². The SMILES string of the molecule is COc1ccc(CCNCC2CCC(O)CC2)cc1. The standard InChI is InChI=1S/C16H25NO2/c1-19-16-8-4-13(5-9-16)10-11-17-12-14-2-6-15(18)7-3-14/h4-5,8-9,14-15,17-18H,2-3,6-7,10-12H2,1H3. The Morgan fingerprint density at radius 3 is 2.47 bits per heavy atom. The number of aliphatic hydroxyl groups excluding tert-OH is 1. The van der Waals surface area contributed by atoms with Gasteiger partial charge < -0.3 is 15.2 Å². The van der Waals surface area contributed by atoms with Gasteiger partial charge in [0.1, 0.15) is 5.75 Å². The zero-order chi connectivity index (χ0) is 13.5. The average Bonchev–Trinajstić information content (AvgIpc) is 2.46. The lowest BCUT2D eigenvalue weighted by atomic mass is 9.87. The number of nitrogens with one attached hydrogen (secondary N) is 1. The Hall–Kier alpha value is -1.06. The molecule has 2 rings (SSSR count).